The Morgan fingerprint density at radius 3 is 2.56 bits per heavy atom. The number of aryl methyl sites for hydroxylation is 2. The number of hydrogen-bond donors (Lipinski definition) is 2. The van der Waals surface area contributed by atoms with Crippen molar-refractivity contribution >= 4 is 16.5 Å². The number of pyridine rings is 1. The average molecular weight is 479 g/mol. The van der Waals surface area contributed by atoms with Gasteiger partial charge in [0.1, 0.15) is 0 Å². The first-order chi connectivity index (χ1) is 17.1. The van der Waals surface area contributed by atoms with Crippen molar-refractivity contribution < 1.29 is 0 Å². The highest BCUT2D eigenvalue weighted by Crippen LogP contribution is 2.40. The van der Waals surface area contributed by atoms with Gasteiger partial charge in [0.25, 0.3) is 5.56 Å². The Morgan fingerprint density at radius 1 is 1.08 bits per heavy atom. The molecule has 1 aliphatic rings. The molecule has 36 heavy (non-hydrogen) atoms. The Morgan fingerprint density at radius 2 is 1.83 bits per heavy atom. The molecule has 3 heteroatoms. The molecule has 2 heterocycles. The number of nitrogens with one attached hydrogen (secondary N) is 2. The normalized spacial score (nSPS) is 14.5. The van der Waals surface area contributed by atoms with Crippen LogP contribution >= 0.6 is 0 Å². The minimum absolute atomic E-state index is 0.00649. The predicted octanol–water partition coefficient (Wildman–Crippen LogP) is 7.80. The van der Waals surface area contributed by atoms with Crippen LogP contribution in [0.25, 0.3) is 16.5 Å². The van der Waals surface area contributed by atoms with Crippen LogP contribution in [0.4, 0.5) is 0 Å². The van der Waals surface area contributed by atoms with E-state index in [1.165, 1.54) is 33.4 Å². The molecular weight excluding hydrogens is 440 g/mol. The van der Waals surface area contributed by atoms with Crippen molar-refractivity contribution in [1.82, 2.24) is 10.3 Å². The number of para-hydroxylation sites is 1. The second-order valence-corrected chi connectivity index (χ2v) is 10.6. The van der Waals surface area contributed by atoms with Crippen molar-refractivity contribution in [2.24, 2.45) is 0 Å². The van der Waals surface area contributed by atoms with Gasteiger partial charge in [-0.05, 0) is 96.9 Å². The van der Waals surface area contributed by atoms with Gasteiger partial charge in [-0.1, -0.05) is 69.3 Å². The number of benzene rings is 2. The number of fused-ring (bicyclic) bond motifs is 1. The first-order valence-electron chi connectivity index (χ1n) is 12.9. The SMILES string of the molecule is C=C1NC=CC=C1/C(=C(\C)CCc1cc2ccccc2[nH]c1=O)c1c(C)ccc(C(C)(C)CC)c1C. The summed E-state index contributed by atoms with van der Waals surface area (Å²) in [5.74, 6) is 0. The summed E-state index contributed by atoms with van der Waals surface area (Å²) < 4.78 is 0. The lowest BCUT2D eigenvalue weighted by Gasteiger charge is -2.30. The van der Waals surface area contributed by atoms with E-state index in [4.69, 9.17) is 0 Å². The van der Waals surface area contributed by atoms with Crippen LogP contribution in [0.2, 0.25) is 0 Å². The molecule has 0 saturated heterocycles. The lowest BCUT2D eigenvalue weighted by atomic mass is 9.75. The highest BCUT2D eigenvalue weighted by atomic mass is 16.1. The van der Waals surface area contributed by atoms with Crippen molar-refractivity contribution in [2.45, 2.75) is 66.2 Å². The summed E-state index contributed by atoms with van der Waals surface area (Å²) in [6.45, 7) is 17.9. The van der Waals surface area contributed by atoms with Gasteiger partial charge < -0.3 is 10.3 Å². The molecule has 4 rings (SSSR count). The van der Waals surface area contributed by atoms with Crippen LogP contribution in [0.5, 0.6) is 0 Å². The van der Waals surface area contributed by atoms with Crippen molar-refractivity contribution in [3.05, 3.63) is 122 Å². The Kier molecular flexibility index (Phi) is 7.21. The second kappa shape index (κ2) is 10.2. The lowest BCUT2D eigenvalue weighted by molar-refractivity contribution is 0.503. The number of rotatable bonds is 7. The molecule has 2 N–H and O–H groups in total. The highest BCUT2D eigenvalue weighted by Gasteiger charge is 2.26. The van der Waals surface area contributed by atoms with Crippen LogP contribution in [0.3, 0.4) is 0 Å². The Labute approximate surface area is 215 Å². The summed E-state index contributed by atoms with van der Waals surface area (Å²) >= 11 is 0. The fraction of sp³-hybridized carbons (Fsp3) is 0.303. The van der Waals surface area contributed by atoms with Crippen LogP contribution in [-0.2, 0) is 11.8 Å². The second-order valence-electron chi connectivity index (χ2n) is 10.6. The van der Waals surface area contributed by atoms with Gasteiger partial charge in [0, 0.05) is 28.6 Å². The molecule has 0 bridgehead atoms. The first kappa shape index (κ1) is 25.5. The molecule has 0 aliphatic carbocycles. The molecule has 0 spiro atoms. The molecule has 0 amide bonds. The monoisotopic (exact) mass is 478 g/mol. The summed E-state index contributed by atoms with van der Waals surface area (Å²) in [5.41, 5.74) is 11.5. The topological polar surface area (TPSA) is 44.9 Å². The number of aromatic nitrogens is 1. The third kappa shape index (κ3) is 4.88. The highest BCUT2D eigenvalue weighted by molar-refractivity contribution is 5.89. The zero-order valence-corrected chi connectivity index (χ0v) is 22.5. The first-order valence-corrected chi connectivity index (χ1v) is 12.9. The molecule has 1 aliphatic heterocycles. The van der Waals surface area contributed by atoms with Gasteiger partial charge in [-0.2, -0.15) is 0 Å². The van der Waals surface area contributed by atoms with Gasteiger partial charge in [-0.3, -0.25) is 4.79 Å². The van der Waals surface area contributed by atoms with E-state index in [0.29, 0.717) is 6.42 Å². The van der Waals surface area contributed by atoms with Crippen LogP contribution in [0.1, 0.15) is 68.4 Å². The number of aromatic amines is 1. The summed E-state index contributed by atoms with van der Waals surface area (Å²) in [5, 5.41) is 4.37. The molecule has 0 fully saturated rings. The van der Waals surface area contributed by atoms with Crippen molar-refractivity contribution in [3.8, 4) is 0 Å². The Hall–Kier alpha value is -3.59. The van der Waals surface area contributed by atoms with Crippen LogP contribution in [0.15, 0.2) is 89.0 Å². The largest absolute Gasteiger partial charge is 0.362 e. The molecule has 186 valence electrons. The van der Waals surface area contributed by atoms with Gasteiger partial charge in [0.15, 0.2) is 0 Å². The predicted molar refractivity (Wildman–Crippen MR) is 154 cm³/mol. The molecule has 2 aromatic carbocycles. The minimum atomic E-state index is -0.00649. The number of H-pyrrole nitrogens is 1. The fourth-order valence-corrected chi connectivity index (χ4v) is 5.26. The van der Waals surface area contributed by atoms with Gasteiger partial charge in [-0.15, -0.1) is 0 Å². The standard InChI is InChI=1S/C33H38N2O/c1-8-33(6,7)28-18-16-21(2)30(23(28)4)31(27-13-11-19-34-24(27)5)22(3)15-17-26-20-25-12-9-10-14-29(25)35-32(26)36/h9-14,16,18-20,34H,5,8,15,17H2,1-4,6-7H3,(H,35,36)/b31-22-. The molecular formula is C33H38N2O. The van der Waals surface area contributed by atoms with Crippen LogP contribution in [0, 0.1) is 13.8 Å². The van der Waals surface area contributed by atoms with Crippen LogP contribution < -0.4 is 10.9 Å². The lowest BCUT2D eigenvalue weighted by Crippen LogP contribution is -2.19. The Bertz CT molecular complexity index is 1480. The number of hydrogen-bond acceptors (Lipinski definition) is 2. The average Bonchev–Trinajstić information content (AvgIpc) is 2.85. The minimum Gasteiger partial charge on any atom is -0.362 e. The smallest absolute Gasteiger partial charge is 0.251 e. The molecule has 3 nitrogen and oxygen atoms in total. The van der Waals surface area contributed by atoms with E-state index in [0.717, 1.165) is 40.6 Å². The van der Waals surface area contributed by atoms with E-state index in [2.05, 4.69) is 76.6 Å². The van der Waals surface area contributed by atoms with Gasteiger partial charge in [0.05, 0.1) is 0 Å². The summed E-state index contributed by atoms with van der Waals surface area (Å²) in [6.07, 6.45) is 8.64. The van der Waals surface area contributed by atoms with Gasteiger partial charge in [0.2, 0.25) is 0 Å². The molecule has 0 unspecified atom stereocenters. The quantitative estimate of drug-likeness (QED) is 0.364. The maximum atomic E-state index is 12.8. The Balaban J connectivity index is 1.84. The third-order valence-corrected chi connectivity index (χ3v) is 7.77. The van der Waals surface area contributed by atoms with Crippen molar-refractivity contribution in [1.29, 1.82) is 0 Å². The fourth-order valence-electron chi connectivity index (χ4n) is 5.26. The summed E-state index contributed by atoms with van der Waals surface area (Å²) in [6, 6.07) is 14.5. The van der Waals surface area contributed by atoms with Crippen LogP contribution in [-0.4, -0.2) is 4.98 Å². The molecule has 3 aromatic rings. The molecule has 1 aromatic heterocycles. The van der Waals surface area contributed by atoms with E-state index in [1.807, 2.05) is 42.6 Å². The van der Waals surface area contributed by atoms with E-state index in [9.17, 15) is 4.79 Å². The maximum Gasteiger partial charge on any atom is 0.251 e. The van der Waals surface area contributed by atoms with Crippen molar-refractivity contribution in [2.75, 3.05) is 0 Å². The number of dihydropyridines is 1. The number of allylic oxidation sites excluding steroid dienone is 4. The third-order valence-electron chi connectivity index (χ3n) is 7.77. The molecule has 0 saturated carbocycles. The molecule has 0 atom stereocenters. The van der Waals surface area contributed by atoms with E-state index in [-0.39, 0.29) is 11.0 Å². The molecule has 0 radical (unpaired) electrons. The summed E-state index contributed by atoms with van der Waals surface area (Å²) in [4.78, 5) is 15.9. The van der Waals surface area contributed by atoms with E-state index >= 15 is 0 Å². The van der Waals surface area contributed by atoms with E-state index < -0.39 is 0 Å². The van der Waals surface area contributed by atoms with E-state index in [1.54, 1.807) is 0 Å². The van der Waals surface area contributed by atoms with Crippen molar-refractivity contribution in [3.63, 3.8) is 0 Å². The maximum absolute atomic E-state index is 12.8. The zero-order valence-electron chi connectivity index (χ0n) is 22.5. The van der Waals surface area contributed by atoms with Gasteiger partial charge in [-0.25, -0.2) is 0 Å². The summed E-state index contributed by atoms with van der Waals surface area (Å²) in [7, 11) is 0. The van der Waals surface area contributed by atoms with Gasteiger partial charge >= 0.3 is 0 Å². The zero-order chi connectivity index (χ0) is 26.0.